The van der Waals surface area contributed by atoms with Gasteiger partial charge in [0.05, 0.1) is 11.1 Å². The lowest BCUT2D eigenvalue weighted by Crippen LogP contribution is -2.33. The number of pyridine rings is 1. The smallest absolute Gasteiger partial charge is 0.285 e. The second-order valence-electron chi connectivity index (χ2n) is 4.99. The van der Waals surface area contributed by atoms with Crippen molar-refractivity contribution in [1.29, 1.82) is 0 Å². The van der Waals surface area contributed by atoms with Crippen LogP contribution in [0, 0.1) is 15.9 Å². The van der Waals surface area contributed by atoms with Crippen LogP contribution in [-0.2, 0) is 17.9 Å². The summed E-state index contributed by atoms with van der Waals surface area (Å²) < 4.78 is 14.1. The third-order valence-electron chi connectivity index (χ3n) is 3.22. The van der Waals surface area contributed by atoms with Gasteiger partial charge < -0.3 is 4.90 Å². The minimum Gasteiger partial charge on any atom is -0.340 e. The van der Waals surface area contributed by atoms with E-state index in [0.717, 1.165) is 22.9 Å². The average molecular weight is 319 g/mol. The quantitative estimate of drug-likeness (QED) is 0.618. The molecule has 2 aromatic rings. The molecule has 8 heteroatoms. The largest absolute Gasteiger partial charge is 0.340 e. The first-order chi connectivity index (χ1) is 10.9. The summed E-state index contributed by atoms with van der Waals surface area (Å²) in [7, 11) is 1.51. The van der Waals surface area contributed by atoms with Crippen LogP contribution in [-0.4, -0.2) is 27.3 Å². The first-order valence-electron chi connectivity index (χ1n) is 6.70. The van der Waals surface area contributed by atoms with E-state index in [2.05, 4.69) is 0 Å². The number of hydrogen-bond acceptors (Lipinski definition) is 4. The van der Waals surface area contributed by atoms with E-state index in [1.807, 2.05) is 0 Å². The van der Waals surface area contributed by atoms with Crippen LogP contribution in [0.2, 0.25) is 0 Å². The van der Waals surface area contributed by atoms with Crippen LogP contribution >= 0.6 is 0 Å². The molecule has 0 N–H and O–H groups in total. The molecule has 0 aliphatic carbocycles. The number of likely N-dealkylation sites (N-methyl/N-ethyl adjacent to an activating group) is 1. The van der Waals surface area contributed by atoms with Crippen LogP contribution in [0.25, 0.3) is 0 Å². The zero-order chi connectivity index (χ0) is 17.0. The number of hydrogen-bond donors (Lipinski definition) is 0. The topological polar surface area (TPSA) is 85.4 Å². The summed E-state index contributed by atoms with van der Waals surface area (Å²) in [5.41, 5.74) is -0.180. The molecule has 0 aliphatic heterocycles. The van der Waals surface area contributed by atoms with Gasteiger partial charge in [0.25, 0.3) is 11.2 Å². The van der Waals surface area contributed by atoms with Gasteiger partial charge in [-0.1, -0.05) is 12.1 Å². The summed E-state index contributed by atoms with van der Waals surface area (Å²) >= 11 is 0. The summed E-state index contributed by atoms with van der Waals surface area (Å²) in [6.45, 7) is -0.160. The fourth-order valence-electron chi connectivity index (χ4n) is 2.01. The number of rotatable bonds is 5. The van der Waals surface area contributed by atoms with Crippen molar-refractivity contribution in [3.05, 3.63) is 74.4 Å². The van der Waals surface area contributed by atoms with Gasteiger partial charge in [-0.3, -0.25) is 24.3 Å². The van der Waals surface area contributed by atoms with E-state index in [1.165, 1.54) is 30.1 Å². The predicted molar refractivity (Wildman–Crippen MR) is 80.2 cm³/mol. The number of benzene rings is 1. The predicted octanol–water partition coefficient (Wildman–Crippen LogP) is 1.55. The van der Waals surface area contributed by atoms with Crippen LogP contribution in [0.4, 0.5) is 10.1 Å². The lowest BCUT2D eigenvalue weighted by molar-refractivity contribution is -0.385. The Balaban J connectivity index is 2.11. The monoisotopic (exact) mass is 319 g/mol. The Morgan fingerprint density at radius 1 is 1.35 bits per heavy atom. The Kier molecular flexibility index (Phi) is 4.85. The lowest BCUT2D eigenvalue weighted by Gasteiger charge is -2.18. The van der Waals surface area contributed by atoms with Gasteiger partial charge in [0.1, 0.15) is 12.4 Å². The van der Waals surface area contributed by atoms with E-state index in [4.69, 9.17) is 0 Å². The molecular weight excluding hydrogens is 305 g/mol. The van der Waals surface area contributed by atoms with Gasteiger partial charge in [0, 0.05) is 25.7 Å². The van der Waals surface area contributed by atoms with Gasteiger partial charge >= 0.3 is 0 Å². The summed E-state index contributed by atoms with van der Waals surface area (Å²) in [6, 6.07) is 7.94. The van der Waals surface area contributed by atoms with E-state index in [-0.39, 0.29) is 18.8 Å². The van der Waals surface area contributed by atoms with E-state index < -0.39 is 22.2 Å². The fraction of sp³-hybridized carbons (Fsp3) is 0.200. The molecule has 0 unspecified atom stereocenters. The second kappa shape index (κ2) is 6.82. The molecule has 23 heavy (non-hydrogen) atoms. The number of nitrogens with zero attached hydrogens (tertiary/aromatic N) is 3. The van der Waals surface area contributed by atoms with Crippen molar-refractivity contribution >= 4 is 11.6 Å². The number of carbonyl (C=O) groups excluding carboxylic acids is 1. The van der Waals surface area contributed by atoms with Gasteiger partial charge in [-0.2, -0.15) is 0 Å². The van der Waals surface area contributed by atoms with Gasteiger partial charge in [-0.25, -0.2) is 4.39 Å². The van der Waals surface area contributed by atoms with E-state index in [1.54, 1.807) is 6.07 Å². The molecular formula is C15H14FN3O4. The minimum absolute atomic E-state index is 0.167. The number of amides is 1. The molecule has 0 fully saturated rings. The fourth-order valence-corrected chi connectivity index (χ4v) is 2.01. The van der Waals surface area contributed by atoms with Crippen LogP contribution in [0.3, 0.4) is 0 Å². The van der Waals surface area contributed by atoms with Crippen molar-refractivity contribution in [3.63, 3.8) is 0 Å². The van der Waals surface area contributed by atoms with Crippen molar-refractivity contribution in [2.45, 2.75) is 13.1 Å². The standard InChI is InChI=1S/C15H14FN3O4/c1-17(8-11-3-2-4-12(16)7-11)15(21)10-18-9-13(19(22)23)5-6-14(18)20/h2-7,9H,8,10H2,1H3. The summed E-state index contributed by atoms with van der Waals surface area (Å²) in [5.74, 6) is -0.824. The maximum Gasteiger partial charge on any atom is 0.285 e. The molecule has 0 bridgehead atoms. The Morgan fingerprint density at radius 2 is 2.09 bits per heavy atom. The summed E-state index contributed by atoms with van der Waals surface area (Å²) in [5, 5.41) is 10.7. The molecule has 1 heterocycles. The molecule has 0 radical (unpaired) electrons. The first-order valence-corrected chi connectivity index (χ1v) is 6.70. The Morgan fingerprint density at radius 3 is 2.74 bits per heavy atom. The van der Waals surface area contributed by atoms with E-state index in [9.17, 15) is 24.1 Å². The Bertz CT molecular complexity index is 803. The minimum atomic E-state index is -0.642. The average Bonchev–Trinajstić information content (AvgIpc) is 2.49. The van der Waals surface area contributed by atoms with Crippen molar-refractivity contribution in [1.82, 2.24) is 9.47 Å². The number of carbonyl (C=O) groups is 1. The van der Waals surface area contributed by atoms with Crippen molar-refractivity contribution < 1.29 is 14.1 Å². The van der Waals surface area contributed by atoms with Gasteiger partial charge in [-0.05, 0) is 17.7 Å². The highest BCUT2D eigenvalue weighted by molar-refractivity contribution is 5.75. The lowest BCUT2D eigenvalue weighted by atomic mass is 10.2. The molecule has 1 aromatic heterocycles. The van der Waals surface area contributed by atoms with Crippen molar-refractivity contribution in [2.75, 3.05) is 7.05 Å². The molecule has 1 aromatic carbocycles. The molecule has 0 saturated heterocycles. The number of halogens is 1. The Hall–Kier alpha value is -3.03. The number of aromatic nitrogens is 1. The van der Waals surface area contributed by atoms with Crippen LogP contribution in [0.1, 0.15) is 5.56 Å². The van der Waals surface area contributed by atoms with Crippen LogP contribution in [0.15, 0.2) is 47.4 Å². The van der Waals surface area contributed by atoms with Crippen molar-refractivity contribution in [3.8, 4) is 0 Å². The van der Waals surface area contributed by atoms with Crippen LogP contribution < -0.4 is 5.56 Å². The maximum absolute atomic E-state index is 13.1. The SMILES string of the molecule is CN(Cc1cccc(F)c1)C(=O)Cn1cc([N+](=O)[O-])ccc1=O. The molecule has 7 nitrogen and oxygen atoms in total. The van der Waals surface area contributed by atoms with Crippen LogP contribution in [0.5, 0.6) is 0 Å². The highest BCUT2D eigenvalue weighted by Gasteiger charge is 2.14. The summed E-state index contributed by atoms with van der Waals surface area (Å²) in [6.07, 6.45) is 1.02. The molecule has 0 spiro atoms. The molecule has 0 atom stereocenters. The zero-order valence-electron chi connectivity index (χ0n) is 12.3. The molecule has 0 saturated carbocycles. The third-order valence-corrected chi connectivity index (χ3v) is 3.22. The maximum atomic E-state index is 13.1. The van der Waals surface area contributed by atoms with E-state index in [0.29, 0.717) is 5.56 Å². The first kappa shape index (κ1) is 16.3. The summed E-state index contributed by atoms with van der Waals surface area (Å²) in [4.78, 5) is 35.2. The highest BCUT2D eigenvalue weighted by Crippen LogP contribution is 2.08. The zero-order valence-corrected chi connectivity index (χ0v) is 12.3. The highest BCUT2D eigenvalue weighted by atomic mass is 19.1. The molecule has 1 amide bonds. The Labute approximate surface area is 130 Å². The van der Waals surface area contributed by atoms with E-state index >= 15 is 0 Å². The molecule has 0 aliphatic rings. The molecule has 2 rings (SSSR count). The van der Waals surface area contributed by atoms with Gasteiger partial charge in [-0.15, -0.1) is 0 Å². The van der Waals surface area contributed by atoms with Crippen molar-refractivity contribution in [2.24, 2.45) is 0 Å². The van der Waals surface area contributed by atoms with Gasteiger partial charge in [0.15, 0.2) is 0 Å². The third kappa shape index (κ3) is 4.22. The number of nitro groups is 1. The molecule has 120 valence electrons. The van der Waals surface area contributed by atoms with Gasteiger partial charge in [0.2, 0.25) is 5.91 Å². The second-order valence-corrected chi connectivity index (χ2v) is 4.99. The normalized spacial score (nSPS) is 10.3.